The van der Waals surface area contributed by atoms with Crippen molar-refractivity contribution >= 4 is 39.1 Å². The number of amides is 1. The minimum Gasteiger partial charge on any atom is -0.460 e. The maximum Gasteiger partial charge on any atom is 0.274 e. The fraction of sp³-hybridized carbons (Fsp3) is 0.474. The maximum atomic E-state index is 12.6. The van der Waals surface area contributed by atoms with Crippen molar-refractivity contribution in [2.24, 2.45) is 11.3 Å². The summed E-state index contributed by atoms with van der Waals surface area (Å²) in [4.78, 5) is 18.9. The van der Waals surface area contributed by atoms with E-state index in [4.69, 9.17) is 16.3 Å². The minimum atomic E-state index is -0.0315. The predicted molar refractivity (Wildman–Crippen MR) is 103 cm³/mol. The third-order valence-corrected chi connectivity index (χ3v) is 6.11. The topological polar surface area (TPSA) is 42.4 Å². The monoisotopic (exact) mass is 378 g/mol. The van der Waals surface area contributed by atoms with Crippen LogP contribution in [0.2, 0.25) is 5.02 Å². The molecule has 1 aromatic heterocycles. The molecule has 1 heterocycles. The molecule has 0 bridgehead atoms. The number of carbonyl (C=O) groups is 1. The summed E-state index contributed by atoms with van der Waals surface area (Å²) in [5.41, 5.74) is 2.09. The first-order valence-electron chi connectivity index (χ1n) is 8.50. The van der Waals surface area contributed by atoms with Gasteiger partial charge in [0.25, 0.3) is 11.1 Å². The van der Waals surface area contributed by atoms with Gasteiger partial charge in [0.1, 0.15) is 0 Å². The lowest BCUT2D eigenvalue weighted by atomic mass is 9.82. The van der Waals surface area contributed by atoms with E-state index in [9.17, 15) is 4.79 Å². The van der Waals surface area contributed by atoms with E-state index in [1.807, 2.05) is 24.0 Å². The van der Waals surface area contributed by atoms with Gasteiger partial charge in [-0.2, -0.15) is 0 Å². The molecule has 0 saturated carbocycles. The van der Waals surface area contributed by atoms with Crippen LogP contribution in [-0.4, -0.2) is 28.9 Å². The van der Waals surface area contributed by atoms with E-state index in [1.54, 1.807) is 6.07 Å². The first-order chi connectivity index (χ1) is 11.8. The number of aromatic nitrogens is 1. The number of carbonyl (C=O) groups excluding carboxylic acids is 1. The second kappa shape index (κ2) is 6.96. The van der Waals surface area contributed by atoms with Gasteiger partial charge in [-0.05, 0) is 42.9 Å². The highest BCUT2D eigenvalue weighted by molar-refractivity contribution is 7.20. The van der Waals surface area contributed by atoms with Gasteiger partial charge in [-0.15, -0.1) is 0 Å². The second-order valence-electron chi connectivity index (χ2n) is 7.13. The van der Waals surface area contributed by atoms with E-state index >= 15 is 0 Å². The Labute approximate surface area is 157 Å². The van der Waals surface area contributed by atoms with E-state index in [0.29, 0.717) is 22.7 Å². The lowest BCUT2D eigenvalue weighted by Crippen LogP contribution is -2.34. The van der Waals surface area contributed by atoms with Gasteiger partial charge < -0.3 is 9.64 Å². The SMILES string of the molecule is CCN(C(=O)COc1nc2cc(Cl)ccc2s1)C1=CC(C)C(C)(C)C1. The molecule has 4 nitrogen and oxygen atoms in total. The predicted octanol–water partition coefficient (Wildman–Crippen LogP) is 5.13. The van der Waals surface area contributed by atoms with Gasteiger partial charge in [0.2, 0.25) is 0 Å². The average molecular weight is 379 g/mol. The molecular formula is C19H23ClN2O2S. The Hall–Kier alpha value is -1.59. The Balaban J connectivity index is 1.67. The van der Waals surface area contributed by atoms with Crippen LogP contribution in [0.25, 0.3) is 10.2 Å². The number of likely N-dealkylation sites (N-methyl/N-ethyl adjacent to an activating group) is 1. The number of thiazole rings is 1. The molecule has 1 atom stereocenters. The van der Waals surface area contributed by atoms with Crippen molar-refractivity contribution in [2.45, 2.75) is 34.1 Å². The normalized spacial score (nSPS) is 19.1. The van der Waals surface area contributed by atoms with Gasteiger partial charge in [0.15, 0.2) is 6.61 Å². The Morgan fingerprint density at radius 2 is 2.24 bits per heavy atom. The van der Waals surface area contributed by atoms with Gasteiger partial charge in [0.05, 0.1) is 10.2 Å². The van der Waals surface area contributed by atoms with Crippen LogP contribution in [-0.2, 0) is 4.79 Å². The summed E-state index contributed by atoms with van der Waals surface area (Å²) in [6.07, 6.45) is 3.12. The summed E-state index contributed by atoms with van der Waals surface area (Å²) in [7, 11) is 0. The van der Waals surface area contributed by atoms with Crippen molar-refractivity contribution in [3.8, 4) is 5.19 Å². The third-order valence-electron chi connectivity index (χ3n) is 4.92. The molecule has 134 valence electrons. The summed E-state index contributed by atoms with van der Waals surface area (Å²) in [6, 6.07) is 5.54. The molecule has 3 rings (SSSR count). The fourth-order valence-electron chi connectivity index (χ4n) is 3.07. The number of hydrogen-bond acceptors (Lipinski definition) is 4. The van der Waals surface area contributed by atoms with E-state index in [-0.39, 0.29) is 17.9 Å². The van der Waals surface area contributed by atoms with Crippen LogP contribution in [0.15, 0.2) is 30.0 Å². The molecule has 1 aliphatic carbocycles. The third kappa shape index (κ3) is 3.82. The molecule has 0 saturated heterocycles. The molecule has 1 unspecified atom stereocenters. The lowest BCUT2D eigenvalue weighted by molar-refractivity contribution is -0.131. The number of halogens is 1. The molecule has 6 heteroatoms. The van der Waals surface area contributed by atoms with Crippen molar-refractivity contribution in [1.29, 1.82) is 0 Å². The standard InChI is InChI=1S/C19H23ClN2O2S/c1-5-22(14-8-12(2)19(3,4)10-14)17(23)11-24-18-21-15-9-13(20)6-7-16(15)25-18/h6-9,12H,5,10-11H2,1-4H3. The van der Waals surface area contributed by atoms with Crippen LogP contribution in [0.5, 0.6) is 5.19 Å². The number of hydrogen-bond donors (Lipinski definition) is 0. The van der Waals surface area contributed by atoms with Crippen molar-refractivity contribution in [3.05, 3.63) is 35.0 Å². The van der Waals surface area contributed by atoms with Crippen LogP contribution < -0.4 is 4.74 Å². The Morgan fingerprint density at radius 3 is 2.88 bits per heavy atom. The van der Waals surface area contributed by atoms with Crippen LogP contribution >= 0.6 is 22.9 Å². The van der Waals surface area contributed by atoms with Crippen LogP contribution in [0.1, 0.15) is 34.1 Å². The van der Waals surface area contributed by atoms with Crippen LogP contribution in [0.3, 0.4) is 0 Å². The fourth-order valence-corrected chi connectivity index (χ4v) is 4.03. The highest BCUT2D eigenvalue weighted by Crippen LogP contribution is 2.42. The number of ether oxygens (including phenoxy) is 1. The van der Waals surface area contributed by atoms with E-state index < -0.39 is 0 Å². The molecule has 25 heavy (non-hydrogen) atoms. The average Bonchev–Trinajstić information content (AvgIpc) is 3.06. The van der Waals surface area contributed by atoms with Gasteiger partial charge in [-0.1, -0.05) is 49.8 Å². The van der Waals surface area contributed by atoms with E-state index in [2.05, 4.69) is 31.8 Å². The molecule has 0 spiro atoms. The zero-order valence-electron chi connectivity index (χ0n) is 15.0. The summed E-state index contributed by atoms with van der Waals surface area (Å²) >= 11 is 7.40. The van der Waals surface area contributed by atoms with Gasteiger partial charge in [-0.3, -0.25) is 4.79 Å². The van der Waals surface area contributed by atoms with E-state index in [0.717, 1.165) is 22.3 Å². The largest absolute Gasteiger partial charge is 0.460 e. The van der Waals surface area contributed by atoms with Crippen molar-refractivity contribution in [2.75, 3.05) is 13.2 Å². The summed E-state index contributed by atoms with van der Waals surface area (Å²) in [5.74, 6) is 0.426. The van der Waals surface area contributed by atoms with Gasteiger partial charge in [0, 0.05) is 17.3 Å². The summed E-state index contributed by atoms with van der Waals surface area (Å²) in [5, 5.41) is 1.14. The number of rotatable bonds is 5. The molecule has 0 fully saturated rings. The molecule has 1 amide bonds. The first-order valence-corrected chi connectivity index (χ1v) is 9.69. The molecular weight excluding hydrogens is 356 g/mol. The zero-order valence-corrected chi connectivity index (χ0v) is 16.6. The Kier molecular flexibility index (Phi) is 5.07. The van der Waals surface area contributed by atoms with Gasteiger partial charge in [-0.25, -0.2) is 4.98 Å². The van der Waals surface area contributed by atoms with Crippen molar-refractivity contribution < 1.29 is 9.53 Å². The molecule has 2 aromatic rings. The highest BCUT2D eigenvalue weighted by Gasteiger charge is 2.34. The lowest BCUT2D eigenvalue weighted by Gasteiger charge is -2.26. The number of nitrogens with zero attached hydrogens (tertiary/aromatic N) is 2. The molecule has 1 aromatic carbocycles. The molecule has 1 aliphatic rings. The zero-order chi connectivity index (χ0) is 18.2. The number of allylic oxidation sites excluding steroid dienone is 2. The van der Waals surface area contributed by atoms with Crippen molar-refractivity contribution in [1.82, 2.24) is 9.88 Å². The quantitative estimate of drug-likeness (QED) is 0.724. The summed E-state index contributed by atoms with van der Waals surface area (Å²) < 4.78 is 6.65. The maximum absolute atomic E-state index is 12.6. The Bertz CT molecular complexity index is 828. The van der Waals surface area contributed by atoms with Crippen LogP contribution in [0, 0.1) is 11.3 Å². The van der Waals surface area contributed by atoms with Gasteiger partial charge >= 0.3 is 0 Å². The molecule has 0 radical (unpaired) electrons. The smallest absolute Gasteiger partial charge is 0.274 e. The molecule has 0 N–H and O–H groups in total. The first kappa shape index (κ1) is 18.2. The highest BCUT2D eigenvalue weighted by atomic mass is 35.5. The minimum absolute atomic E-state index is 0.00641. The number of fused-ring (bicyclic) bond motifs is 1. The summed E-state index contributed by atoms with van der Waals surface area (Å²) in [6.45, 7) is 9.31. The number of benzene rings is 1. The molecule has 0 aliphatic heterocycles. The second-order valence-corrected chi connectivity index (χ2v) is 8.56. The Morgan fingerprint density at radius 1 is 1.48 bits per heavy atom. The van der Waals surface area contributed by atoms with Crippen molar-refractivity contribution in [3.63, 3.8) is 0 Å². The van der Waals surface area contributed by atoms with Crippen LogP contribution in [0.4, 0.5) is 0 Å². The van der Waals surface area contributed by atoms with E-state index in [1.165, 1.54) is 11.3 Å².